The summed E-state index contributed by atoms with van der Waals surface area (Å²) in [7, 11) is -4.37. The zero-order chi connectivity index (χ0) is 36.8. The fourth-order valence-electron chi connectivity index (χ4n) is 5.22. The molecule has 0 radical (unpaired) electrons. The number of carbonyl (C=O) groups excluding carboxylic acids is 2. The largest absolute Gasteiger partial charge is 0.472 e. The summed E-state index contributed by atoms with van der Waals surface area (Å²) in [5, 5.41) is 0. The summed E-state index contributed by atoms with van der Waals surface area (Å²) in [5.41, 5.74) is 5.33. The normalized spacial score (nSPS) is 13.8. The molecule has 1 unspecified atom stereocenters. The van der Waals surface area contributed by atoms with Crippen LogP contribution in [0.2, 0.25) is 0 Å². The number of phosphoric ester groups is 1. The highest BCUT2D eigenvalue weighted by atomic mass is 31.2. The molecular formula is C40H74NO8P. The van der Waals surface area contributed by atoms with Crippen LogP contribution in [0.4, 0.5) is 0 Å². The Labute approximate surface area is 305 Å². The lowest BCUT2D eigenvalue weighted by Gasteiger charge is -2.19. The van der Waals surface area contributed by atoms with Gasteiger partial charge in [-0.05, 0) is 57.8 Å². The van der Waals surface area contributed by atoms with Crippen LogP contribution in [0.15, 0.2) is 36.5 Å². The third-order valence-corrected chi connectivity index (χ3v) is 9.23. The maximum absolute atomic E-state index is 12.5. The maximum Gasteiger partial charge on any atom is 0.472 e. The van der Waals surface area contributed by atoms with Gasteiger partial charge in [-0.2, -0.15) is 0 Å². The van der Waals surface area contributed by atoms with E-state index in [4.69, 9.17) is 24.3 Å². The highest BCUT2D eigenvalue weighted by Gasteiger charge is 2.25. The Hall–Kier alpha value is -1.77. The first kappa shape index (κ1) is 48.2. The van der Waals surface area contributed by atoms with Gasteiger partial charge in [0.2, 0.25) is 0 Å². The Morgan fingerprint density at radius 1 is 0.600 bits per heavy atom. The fraction of sp³-hybridized carbons (Fsp3) is 0.800. The molecule has 0 aromatic rings. The van der Waals surface area contributed by atoms with E-state index in [0.29, 0.717) is 6.42 Å². The van der Waals surface area contributed by atoms with E-state index in [0.717, 1.165) is 64.2 Å². The van der Waals surface area contributed by atoms with E-state index in [1.165, 1.54) is 77.0 Å². The van der Waals surface area contributed by atoms with Crippen molar-refractivity contribution in [2.24, 2.45) is 5.73 Å². The zero-order valence-corrected chi connectivity index (χ0v) is 32.8. The average molecular weight is 728 g/mol. The Bertz CT molecular complexity index is 923. The van der Waals surface area contributed by atoms with E-state index in [2.05, 4.69) is 50.3 Å². The molecule has 2 atom stereocenters. The molecule has 0 heterocycles. The van der Waals surface area contributed by atoms with Crippen LogP contribution in [0.5, 0.6) is 0 Å². The highest BCUT2D eigenvalue weighted by molar-refractivity contribution is 7.47. The molecule has 9 nitrogen and oxygen atoms in total. The molecule has 0 aliphatic rings. The number of allylic oxidation sites excluding steroid dienone is 6. The van der Waals surface area contributed by atoms with Gasteiger partial charge >= 0.3 is 19.8 Å². The number of unbranched alkanes of at least 4 members (excludes halogenated alkanes) is 18. The zero-order valence-electron chi connectivity index (χ0n) is 31.9. The van der Waals surface area contributed by atoms with E-state index in [9.17, 15) is 19.0 Å². The van der Waals surface area contributed by atoms with Crippen molar-refractivity contribution in [3.05, 3.63) is 36.5 Å². The molecule has 50 heavy (non-hydrogen) atoms. The molecule has 0 spiro atoms. The van der Waals surface area contributed by atoms with Crippen molar-refractivity contribution < 1.29 is 37.6 Å². The molecule has 10 heteroatoms. The van der Waals surface area contributed by atoms with Crippen LogP contribution in [0.1, 0.15) is 174 Å². The minimum absolute atomic E-state index is 0.0503. The molecule has 0 aliphatic carbocycles. The average Bonchev–Trinajstić information content (AvgIpc) is 3.10. The summed E-state index contributed by atoms with van der Waals surface area (Å²) in [4.78, 5) is 34.7. The first-order valence-corrected chi connectivity index (χ1v) is 21.5. The molecule has 0 amide bonds. The van der Waals surface area contributed by atoms with E-state index in [1.807, 2.05) is 0 Å². The molecule has 0 aliphatic heterocycles. The van der Waals surface area contributed by atoms with Gasteiger partial charge in [0.15, 0.2) is 6.10 Å². The van der Waals surface area contributed by atoms with Gasteiger partial charge in [-0.25, -0.2) is 4.57 Å². The molecule has 0 aromatic carbocycles. The lowest BCUT2D eigenvalue weighted by molar-refractivity contribution is -0.161. The second kappa shape index (κ2) is 37.0. The number of carbonyl (C=O) groups is 2. The predicted molar refractivity (Wildman–Crippen MR) is 206 cm³/mol. The maximum atomic E-state index is 12.5. The molecule has 3 N–H and O–H groups in total. The number of phosphoric acid groups is 1. The lowest BCUT2D eigenvalue weighted by Crippen LogP contribution is -2.29. The minimum Gasteiger partial charge on any atom is -0.462 e. The van der Waals surface area contributed by atoms with Crippen LogP contribution in [0.3, 0.4) is 0 Å². The van der Waals surface area contributed by atoms with Crippen LogP contribution < -0.4 is 5.73 Å². The van der Waals surface area contributed by atoms with Crippen molar-refractivity contribution >= 4 is 19.8 Å². The lowest BCUT2D eigenvalue weighted by atomic mass is 10.1. The number of rotatable bonds is 37. The smallest absolute Gasteiger partial charge is 0.462 e. The number of esters is 2. The van der Waals surface area contributed by atoms with Gasteiger partial charge in [0, 0.05) is 19.4 Å². The van der Waals surface area contributed by atoms with E-state index in [-0.39, 0.29) is 38.6 Å². The van der Waals surface area contributed by atoms with E-state index < -0.39 is 26.5 Å². The third kappa shape index (κ3) is 36.0. The molecule has 0 aromatic heterocycles. The molecule has 0 saturated heterocycles. The van der Waals surface area contributed by atoms with Crippen molar-refractivity contribution in [2.45, 2.75) is 180 Å². The van der Waals surface area contributed by atoms with Gasteiger partial charge in [-0.1, -0.05) is 140 Å². The van der Waals surface area contributed by atoms with Crippen LogP contribution in [-0.2, 0) is 32.7 Å². The topological polar surface area (TPSA) is 134 Å². The Kier molecular flexibility index (Phi) is 35.7. The summed E-state index contributed by atoms with van der Waals surface area (Å²) in [5.74, 6) is -0.848. The third-order valence-electron chi connectivity index (χ3n) is 8.25. The highest BCUT2D eigenvalue weighted by Crippen LogP contribution is 2.43. The standard InChI is InChI=1S/C40H74NO8P/c1-3-5-7-9-11-13-15-17-19-21-22-24-26-28-30-32-39(42)46-36-38(37-48-50(44,45)47-35-34-41)49-40(43)33-31-29-27-25-23-20-18-16-14-12-10-8-6-4-2/h9-12,16,18,38H,3-8,13-15,17,19-37,41H2,1-2H3,(H,44,45)/b11-9+,12-10+,18-16+/t38-/m1/s1. The summed E-state index contributed by atoms with van der Waals surface area (Å²) in [6.45, 7) is 3.63. The molecule has 292 valence electrons. The van der Waals surface area contributed by atoms with Crippen LogP contribution in [0, 0.1) is 0 Å². The molecular weight excluding hydrogens is 653 g/mol. The second-order valence-electron chi connectivity index (χ2n) is 13.1. The minimum atomic E-state index is -4.37. The summed E-state index contributed by atoms with van der Waals surface area (Å²) in [6, 6.07) is 0. The number of hydrogen-bond donors (Lipinski definition) is 2. The van der Waals surface area contributed by atoms with Gasteiger partial charge in [-0.15, -0.1) is 0 Å². The fourth-order valence-corrected chi connectivity index (χ4v) is 5.98. The SMILES string of the molecule is CCCC/C=C/C/C=C/CCCCCCCC(=O)O[C@H](COC(=O)CCCCCCCCCCC/C=C/CCCC)COP(=O)(O)OCCN. The molecule has 0 rings (SSSR count). The Morgan fingerprint density at radius 3 is 1.54 bits per heavy atom. The summed E-state index contributed by atoms with van der Waals surface area (Å²) in [6.07, 6.45) is 38.8. The quantitative estimate of drug-likeness (QED) is 0.0277. The number of nitrogens with two attached hydrogens (primary N) is 1. The van der Waals surface area contributed by atoms with Crippen molar-refractivity contribution in [1.82, 2.24) is 0 Å². The summed E-state index contributed by atoms with van der Waals surface area (Å²) >= 11 is 0. The Morgan fingerprint density at radius 2 is 1.04 bits per heavy atom. The van der Waals surface area contributed by atoms with Crippen LogP contribution >= 0.6 is 7.82 Å². The predicted octanol–water partition coefficient (Wildman–Crippen LogP) is 11.0. The van der Waals surface area contributed by atoms with Crippen LogP contribution in [-0.4, -0.2) is 49.3 Å². The van der Waals surface area contributed by atoms with Crippen molar-refractivity contribution in [3.63, 3.8) is 0 Å². The van der Waals surface area contributed by atoms with E-state index in [1.54, 1.807) is 0 Å². The van der Waals surface area contributed by atoms with Crippen molar-refractivity contribution in [1.29, 1.82) is 0 Å². The molecule has 0 bridgehead atoms. The molecule has 0 fully saturated rings. The molecule has 0 saturated carbocycles. The second-order valence-corrected chi connectivity index (χ2v) is 14.6. The van der Waals surface area contributed by atoms with Gasteiger partial charge < -0.3 is 20.1 Å². The summed E-state index contributed by atoms with van der Waals surface area (Å²) < 4.78 is 32.7. The van der Waals surface area contributed by atoms with Gasteiger partial charge in [0.1, 0.15) is 6.61 Å². The first-order chi connectivity index (χ1) is 24.3. The van der Waals surface area contributed by atoms with E-state index >= 15 is 0 Å². The van der Waals surface area contributed by atoms with Crippen LogP contribution in [0.25, 0.3) is 0 Å². The monoisotopic (exact) mass is 728 g/mol. The first-order valence-electron chi connectivity index (χ1n) is 20.0. The Balaban J connectivity index is 4.21. The van der Waals surface area contributed by atoms with Crippen molar-refractivity contribution in [2.75, 3.05) is 26.4 Å². The number of ether oxygens (including phenoxy) is 2. The van der Waals surface area contributed by atoms with Gasteiger partial charge in [-0.3, -0.25) is 18.6 Å². The van der Waals surface area contributed by atoms with Crippen molar-refractivity contribution in [3.8, 4) is 0 Å². The van der Waals surface area contributed by atoms with Gasteiger partial charge in [0.25, 0.3) is 0 Å². The van der Waals surface area contributed by atoms with Gasteiger partial charge in [0.05, 0.1) is 13.2 Å². The number of hydrogen-bond acceptors (Lipinski definition) is 8.